The monoisotopic (exact) mass is 224 g/mol. The SMILES string of the molecule is CC1(C(=O)NC2CCCCC2)CNC(=O)C1. The Kier molecular flexibility index (Phi) is 3.17. The summed E-state index contributed by atoms with van der Waals surface area (Å²) in [4.78, 5) is 23.2. The third-order valence-electron chi connectivity index (χ3n) is 3.72. The molecule has 0 aromatic heterocycles. The molecule has 1 atom stereocenters. The van der Waals surface area contributed by atoms with Crippen molar-refractivity contribution in [3.8, 4) is 0 Å². The topological polar surface area (TPSA) is 58.2 Å². The van der Waals surface area contributed by atoms with Gasteiger partial charge in [0, 0.05) is 19.0 Å². The first-order valence-electron chi connectivity index (χ1n) is 6.18. The summed E-state index contributed by atoms with van der Waals surface area (Å²) in [5.74, 6) is 0.0269. The number of amides is 2. The molecule has 4 heteroatoms. The summed E-state index contributed by atoms with van der Waals surface area (Å²) in [7, 11) is 0. The molecule has 2 aliphatic rings. The van der Waals surface area contributed by atoms with Gasteiger partial charge in [-0.1, -0.05) is 19.3 Å². The molecule has 2 amide bonds. The van der Waals surface area contributed by atoms with Crippen molar-refractivity contribution in [2.75, 3.05) is 6.54 Å². The Morgan fingerprint density at radius 3 is 2.62 bits per heavy atom. The lowest BCUT2D eigenvalue weighted by Crippen LogP contribution is -2.45. The van der Waals surface area contributed by atoms with Gasteiger partial charge in [0.25, 0.3) is 0 Å². The number of carbonyl (C=O) groups excluding carboxylic acids is 2. The Bertz CT molecular complexity index is 297. The van der Waals surface area contributed by atoms with Crippen molar-refractivity contribution in [2.24, 2.45) is 5.41 Å². The predicted molar refractivity (Wildman–Crippen MR) is 60.7 cm³/mol. The van der Waals surface area contributed by atoms with Gasteiger partial charge in [-0.05, 0) is 19.8 Å². The zero-order valence-corrected chi connectivity index (χ0v) is 9.84. The van der Waals surface area contributed by atoms with Gasteiger partial charge in [0.2, 0.25) is 11.8 Å². The zero-order valence-electron chi connectivity index (χ0n) is 9.84. The van der Waals surface area contributed by atoms with Crippen LogP contribution < -0.4 is 10.6 Å². The minimum absolute atomic E-state index is 0.0127. The molecule has 0 bridgehead atoms. The van der Waals surface area contributed by atoms with Crippen LogP contribution in [0.4, 0.5) is 0 Å². The first kappa shape index (κ1) is 11.4. The van der Waals surface area contributed by atoms with Crippen molar-refractivity contribution in [1.29, 1.82) is 0 Å². The molecule has 16 heavy (non-hydrogen) atoms. The van der Waals surface area contributed by atoms with Crippen LogP contribution in [0.3, 0.4) is 0 Å². The molecule has 1 aliphatic carbocycles. The van der Waals surface area contributed by atoms with Crippen LogP contribution in [0.25, 0.3) is 0 Å². The number of hydrogen-bond donors (Lipinski definition) is 2. The van der Waals surface area contributed by atoms with Crippen LogP contribution in [-0.4, -0.2) is 24.4 Å². The molecule has 1 saturated carbocycles. The molecule has 1 aliphatic heterocycles. The predicted octanol–water partition coefficient (Wildman–Crippen LogP) is 0.962. The van der Waals surface area contributed by atoms with Gasteiger partial charge in [-0.3, -0.25) is 9.59 Å². The summed E-state index contributed by atoms with van der Waals surface area (Å²) in [5.41, 5.74) is -0.533. The first-order chi connectivity index (χ1) is 7.60. The molecule has 2 N–H and O–H groups in total. The molecule has 2 fully saturated rings. The second kappa shape index (κ2) is 4.44. The van der Waals surface area contributed by atoms with Gasteiger partial charge in [0.1, 0.15) is 0 Å². The fourth-order valence-corrected chi connectivity index (χ4v) is 2.54. The molecule has 4 nitrogen and oxygen atoms in total. The van der Waals surface area contributed by atoms with E-state index in [4.69, 9.17) is 0 Å². The maximum atomic E-state index is 12.1. The summed E-state index contributed by atoms with van der Waals surface area (Å²) >= 11 is 0. The lowest BCUT2D eigenvalue weighted by atomic mass is 9.87. The van der Waals surface area contributed by atoms with Gasteiger partial charge in [0.05, 0.1) is 5.41 Å². The van der Waals surface area contributed by atoms with E-state index >= 15 is 0 Å². The molecule has 0 spiro atoms. The van der Waals surface area contributed by atoms with Crippen LogP contribution in [0, 0.1) is 5.41 Å². The molecule has 1 unspecified atom stereocenters. The normalized spacial score (nSPS) is 31.2. The van der Waals surface area contributed by atoms with E-state index in [9.17, 15) is 9.59 Å². The maximum Gasteiger partial charge on any atom is 0.228 e. The van der Waals surface area contributed by atoms with Crippen LogP contribution in [0.15, 0.2) is 0 Å². The minimum Gasteiger partial charge on any atom is -0.355 e. The molecule has 0 aromatic rings. The fourth-order valence-electron chi connectivity index (χ4n) is 2.54. The van der Waals surface area contributed by atoms with E-state index in [0.717, 1.165) is 12.8 Å². The van der Waals surface area contributed by atoms with E-state index in [-0.39, 0.29) is 11.8 Å². The maximum absolute atomic E-state index is 12.1. The van der Waals surface area contributed by atoms with Gasteiger partial charge >= 0.3 is 0 Å². The van der Waals surface area contributed by atoms with Crippen molar-refractivity contribution in [2.45, 2.75) is 51.5 Å². The minimum atomic E-state index is -0.533. The van der Waals surface area contributed by atoms with E-state index in [2.05, 4.69) is 10.6 Å². The van der Waals surface area contributed by atoms with Crippen LogP contribution in [0.1, 0.15) is 45.4 Å². The van der Waals surface area contributed by atoms with Gasteiger partial charge in [0.15, 0.2) is 0 Å². The van der Waals surface area contributed by atoms with Gasteiger partial charge in [-0.15, -0.1) is 0 Å². The van der Waals surface area contributed by atoms with Crippen molar-refractivity contribution in [3.63, 3.8) is 0 Å². The average Bonchev–Trinajstić information content (AvgIpc) is 2.61. The lowest BCUT2D eigenvalue weighted by molar-refractivity contribution is -0.132. The van der Waals surface area contributed by atoms with E-state index in [1.54, 1.807) is 0 Å². The summed E-state index contributed by atoms with van der Waals surface area (Å²) < 4.78 is 0. The van der Waals surface area contributed by atoms with Crippen LogP contribution in [-0.2, 0) is 9.59 Å². The fraction of sp³-hybridized carbons (Fsp3) is 0.833. The van der Waals surface area contributed by atoms with Crippen molar-refractivity contribution < 1.29 is 9.59 Å². The summed E-state index contributed by atoms with van der Waals surface area (Å²) in [6.45, 7) is 2.34. The Morgan fingerprint density at radius 1 is 1.38 bits per heavy atom. The second-order valence-electron chi connectivity index (χ2n) is 5.32. The number of nitrogens with one attached hydrogen (secondary N) is 2. The highest BCUT2D eigenvalue weighted by Crippen LogP contribution is 2.26. The molecular weight excluding hydrogens is 204 g/mol. The van der Waals surface area contributed by atoms with Gasteiger partial charge in [-0.2, -0.15) is 0 Å². The van der Waals surface area contributed by atoms with Gasteiger partial charge in [-0.25, -0.2) is 0 Å². The van der Waals surface area contributed by atoms with E-state index in [0.29, 0.717) is 19.0 Å². The highest BCUT2D eigenvalue weighted by atomic mass is 16.2. The van der Waals surface area contributed by atoms with Gasteiger partial charge < -0.3 is 10.6 Å². The van der Waals surface area contributed by atoms with Crippen LogP contribution in [0.5, 0.6) is 0 Å². The molecule has 0 radical (unpaired) electrons. The van der Waals surface area contributed by atoms with Crippen molar-refractivity contribution >= 4 is 11.8 Å². The van der Waals surface area contributed by atoms with Crippen LogP contribution >= 0.6 is 0 Å². The molecule has 90 valence electrons. The Hall–Kier alpha value is -1.06. The number of carbonyl (C=O) groups is 2. The first-order valence-corrected chi connectivity index (χ1v) is 6.18. The number of hydrogen-bond acceptors (Lipinski definition) is 2. The summed E-state index contributed by atoms with van der Waals surface area (Å²) in [6, 6.07) is 0.328. The Labute approximate surface area is 96.2 Å². The highest BCUT2D eigenvalue weighted by Gasteiger charge is 2.41. The quantitative estimate of drug-likeness (QED) is 0.734. The average molecular weight is 224 g/mol. The number of rotatable bonds is 2. The lowest BCUT2D eigenvalue weighted by Gasteiger charge is -2.27. The highest BCUT2D eigenvalue weighted by molar-refractivity contribution is 5.92. The van der Waals surface area contributed by atoms with E-state index in [1.807, 2.05) is 6.92 Å². The molecule has 2 rings (SSSR count). The third kappa shape index (κ3) is 2.36. The summed E-state index contributed by atoms with van der Waals surface area (Å²) in [5, 5.41) is 5.82. The molecule has 0 aromatic carbocycles. The van der Waals surface area contributed by atoms with E-state index < -0.39 is 5.41 Å². The zero-order chi connectivity index (χ0) is 11.6. The third-order valence-corrected chi connectivity index (χ3v) is 3.72. The largest absolute Gasteiger partial charge is 0.355 e. The van der Waals surface area contributed by atoms with E-state index in [1.165, 1.54) is 19.3 Å². The Balaban J connectivity index is 1.89. The van der Waals surface area contributed by atoms with Crippen molar-refractivity contribution in [3.05, 3.63) is 0 Å². The molecule has 1 saturated heterocycles. The Morgan fingerprint density at radius 2 is 2.06 bits per heavy atom. The summed E-state index contributed by atoms with van der Waals surface area (Å²) in [6.07, 6.45) is 6.19. The molecule has 1 heterocycles. The molecular formula is C12H20N2O2. The van der Waals surface area contributed by atoms with Crippen LogP contribution in [0.2, 0.25) is 0 Å². The smallest absolute Gasteiger partial charge is 0.228 e. The van der Waals surface area contributed by atoms with Crippen molar-refractivity contribution in [1.82, 2.24) is 10.6 Å². The second-order valence-corrected chi connectivity index (χ2v) is 5.32. The standard InChI is InChI=1S/C12H20N2O2/c1-12(7-10(15)13-8-12)11(16)14-9-5-3-2-4-6-9/h9H,2-8H2,1H3,(H,13,15)(H,14,16).